The molecule has 3 unspecified atom stereocenters. The molecule has 0 radical (unpaired) electrons. The van der Waals surface area contributed by atoms with E-state index in [2.05, 4.69) is 12.2 Å². The van der Waals surface area contributed by atoms with Gasteiger partial charge in [0.25, 0.3) is 0 Å². The lowest BCUT2D eigenvalue weighted by atomic mass is 10.0. The molecule has 1 saturated carbocycles. The van der Waals surface area contributed by atoms with Gasteiger partial charge < -0.3 is 15.3 Å². The molecule has 2 aliphatic rings. The third kappa shape index (κ3) is 2.70. The van der Waals surface area contributed by atoms with Crippen LogP contribution in [0.15, 0.2) is 0 Å². The van der Waals surface area contributed by atoms with Crippen molar-refractivity contribution in [2.75, 3.05) is 13.1 Å². The second-order valence-corrected chi connectivity index (χ2v) is 5.27. The third-order valence-corrected chi connectivity index (χ3v) is 3.85. The first-order valence-corrected chi connectivity index (χ1v) is 6.36. The summed E-state index contributed by atoms with van der Waals surface area (Å²) in [5.41, 5.74) is 0. The van der Waals surface area contributed by atoms with Crippen LogP contribution in [0.3, 0.4) is 0 Å². The fourth-order valence-corrected chi connectivity index (χ4v) is 2.80. The molecule has 2 N–H and O–H groups in total. The van der Waals surface area contributed by atoms with Crippen LogP contribution >= 0.6 is 0 Å². The second-order valence-electron chi connectivity index (χ2n) is 5.27. The maximum Gasteiger partial charge on any atom is 0.317 e. The smallest absolute Gasteiger partial charge is 0.317 e. The molecule has 17 heavy (non-hydrogen) atoms. The Kier molecular flexibility index (Phi) is 3.54. The SMILES string of the molecule is CC1CCN(C(=O)NC2CCCC2C(=O)O)C1. The van der Waals surface area contributed by atoms with Crippen LogP contribution < -0.4 is 5.32 Å². The van der Waals surface area contributed by atoms with E-state index in [1.165, 1.54) is 0 Å². The molecule has 0 aromatic rings. The fraction of sp³-hybridized carbons (Fsp3) is 0.833. The average Bonchev–Trinajstić information content (AvgIpc) is 2.86. The van der Waals surface area contributed by atoms with E-state index in [1.54, 1.807) is 4.90 Å². The molecule has 1 heterocycles. The van der Waals surface area contributed by atoms with Crippen molar-refractivity contribution in [3.05, 3.63) is 0 Å². The number of amides is 2. The van der Waals surface area contributed by atoms with Crippen LogP contribution in [0.4, 0.5) is 4.79 Å². The zero-order valence-corrected chi connectivity index (χ0v) is 10.2. The van der Waals surface area contributed by atoms with E-state index in [1.807, 2.05) is 0 Å². The summed E-state index contributed by atoms with van der Waals surface area (Å²) in [5, 5.41) is 11.9. The molecule has 96 valence electrons. The molecule has 0 aromatic heterocycles. The Bertz CT molecular complexity index is 319. The minimum absolute atomic E-state index is 0.0903. The fourth-order valence-electron chi connectivity index (χ4n) is 2.80. The van der Waals surface area contributed by atoms with E-state index in [0.29, 0.717) is 12.3 Å². The molecule has 5 nitrogen and oxygen atoms in total. The van der Waals surface area contributed by atoms with Crippen molar-refractivity contribution >= 4 is 12.0 Å². The van der Waals surface area contributed by atoms with Crippen LogP contribution in [0.5, 0.6) is 0 Å². The van der Waals surface area contributed by atoms with Gasteiger partial charge in [0.1, 0.15) is 0 Å². The zero-order chi connectivity index (χ0) is 12.4. The Morgan fingerprint density at radius 3 is 2.65 bits per heavy atom. The molecule has 0 bridgehead atoms. The molecule has 5 heteroatoms. The lowest BCUT2D eigenvalue weighted by Crippen LogP contribution is -2.46. The van der Waals surface area contributed by atoms with Gasteiger partial charge in [0, 0.05) is 19.1 Å². The number of urea groups is 1. The van der Waals surface area contributed by atoms with Crippen LogP contribution in [-0.2, 0) is 4.79 Å². The van der Waals surface area contributed by atoms with E-state index >= 15 is 0 Å². The van der Waals surface area contributed by atoms with Crippen molar-refractivity contribution < 1.29 is 14.7 Å². The monoisotopic (exact) mass is 240 g/mol. The number of aliphatic carboxylic acids is 1. The van der Waals surface area contributed by atoms with Crippen molar-refractivity contribution in [1.29, 1.82) is 0 Å². The van der Waals surface area contributed by atoms with Gasteiger partial charge in [-0.25, -0.2) is 4.79 Å². The molecule has 2 fully saturated rings. The molecule has 0 spiro atoms. The number of hydrogen-bond acceptors (Lipinski definition) is 2. The number of nitrogens with one attached hydrogen (secondary N) is 1. The summed E-state index contributed by atoms with van der Waals surface area (Å²) in [6.07, 6.45) is 3.39. The van der Waals surface area contributed by atoms with Gasteiger partial charge >= 0.3 is 12.0 Å². The van der Waals surface area contributed by atoms with E-state index in [-0.39, 0.29) is 12.1 Å². The molecule has 0 aromatic carbocycles. The van der Waals surface area contributed by atoms with Gasteiger partial charge in [0.05, 0.1) is 5.92 Å². The molecule has 1 saturated heterocycles. The molecule has 3 atom stereocenters. The highest BCUT2D eigenvalue weighted by Gasteiger charge is 2.35. The van der Waals surface area contributed by atoms with E-state index < -0.39 is 11.9 Å². The summed E-state index contributed by atoms with van der Waals surface area (Å²) in [4.78, 5) is 24.7. The first kappa shape index (κ1) is 12.2. The van der Waals surface area contributed by atoms with Crippen LogP contribution in [0.1, 0.15) is 32.6 Å². The normalized spacial score (nSPS) is 32.8. The lowest BCUT2D eigenvalue weighted by molar-refractivity contribution is -0.142. The van der Waals surface area contributed by atoms with Crippen molar-refractivity contribution in [2.24, 2.45) is 11.8 Å². The van der Waals surface area contributed by atoms with Gasteiger partial charge in [0.15, 0.2) is 0 Å². The molecular weight excluding hydrogens is 220 g/mol. The van der Waals surface area contributed by atoms with Gasteiger partial charge in [-0.1, -0.05) is 13.3 Å². The maximum atomic E-state index is 11.9. The number of likely N-dealkylation sites (tertiary alicyclic amines) is 1. The van der Waals surface area contributed by atoms with Crippen molar-refractivity contribution in [1.82, 2.24) is 10.2 Å². The first-order valence-electron chi connectivity index (χ1n) is 6.36. The number of hydrogen-bond donors (Lipinski definition) is 2. The predicted octanol–water partition coefficient (Wildman–Crippen LogP) is 1.29. The quantitative estimate of drug-likeness (QED) is 0.764. The van der Waals surface area contributed by atoms with Crippen LogP contribution in [-0.4, -0.2) is 41.1 Å². The highest BCUT2D eigenvalue weighted by atomic mass is 16.4. The van der Waals surface area contributed by atoms with Crippen molar-refractivity contribution in [2.45, 2.75) is 38.6 Å². The minimum atomic E-state index is -0.789. The average molecular weight is 240 g/mol. The number of carbonyl (C=O) groups is 2. The Balaban J connectivity index is 1.88. The molecule has 2 amide bonds. The molecule has 2 rings (SSSR count). The first-order chi connectivity index (χ1) is 8.08. The van der Waals surface area contributed by atoms with Crippen molar-refractivity contribution in [3.63, 3.8) is 0 Å². The number of nitrogens with zero attached hydrogens (tertiary/aromatic N) is 1. The number of carbonyl (C=O) groups excluding carboxylic acids is 1. The standard InChI is InChI=1S/C12H20N2O3/c1-8-5-6-14(7-8)12(17)13-10-4-2-3-9(10)11(15)16/h8-10H,2-7H2,1H3,(H,13,17)(H,15,16). The third-order valence-electron chi connectivity index (χ3n) is 3.85. The van der Waals surface area contributed by atoms with Crippen LogP contribution in [0.25, 0.3) is 0 Å². The van der Waals surface area contributed by atoms with Crippen LogP contribution in [0.2, 0.25) is 0 Å². The largest absolute Gasteiger partial charge is 0.481 e. The predicted molar refractivity (Wildman–Crippen MR) is 62.7 cm³/mol. The molecular formula is C12H20N2O3. The highest BCUT2D eigenvalue weighted by Crippen LogP contribution is 2.26. The summed E-state index contributed by atoms with van der Waals surface area (Å²) in [6.45, 7) is 3.71. The zero-order valence-electron chi connectivity index (χ0n) is 10.2. The Morgan fingerprint density at radius 2 is 2.06 bits per heavy atom. The Morgan fingerprint density at radius 1 is 1.29 bits per heavy atom. The highest BCUT2D eigenvalue weighted by molar-refractivity contribution is 5.77. The molecule has 1 aliphatic carbocycles. The van der Waals surface area contributed by atoms with Gasteiger partial charge in [-0.15, -0.1) is 0 Å². The Hall–Kier alpha value is -1.26. The molecule has 1 aliphatic heterocycles. The summed E-state index contributed by atoms with van der Waals surface area (Å²) in [5.74, 6) is -0.638. The van der Waals surface area contributed by atoms with Gasteiger partial charge in [0.2, 0.25) is 0 Å². The van der Waals surface area contributed by atoms with Gasteiger partial charge in [-0.05, 0) is 25.2 Å². The van der Waals surface area contributed by atoms with Crippen LogP contribution in [0, 0.1) is 11.8 Å². The van der Waals surface area contributed by atoms with Gasteiger partial charge in [-0.3, -0.25) is 4.79 Å². The number of rotatable bonds is 2. The Labute approximate surface area is 101 Å². The number of carboxylic acid groups (broad SMARTS) is 1. The van der Waals surface area contributed by atoms with Gasteiger partial charge in [-0.2, -0.15) is 0 Å². The van der Waals surface area contributed by atoms with E-state index in [4.69, 9.17) is 5.11 Å². The summed E-state index contributed by atoms with van der Waals surface area (Å²) < 4.78 is 0. The number of carboxylic acids is 1. The second kappa shape index (κ2) is 4.94. The minimum Gasteiger partial charge on any atom is -0.481 e. The van der Waals surface area contributed by atoms with Crippen molar-refractivity contribution in [3.8, 4) is 0 Å². The summed E-state index contributed by atoms with van der Waals surface area (Å²) in [7, 11) is 0. The summed E-state index contributed by atoms with van der Waals surface area (Å²) in [6, 6.07) is -0.275. The lowest BCUT2D eigenvalue weighted by Gasteiger charge is -2.22. The van der Waals surface area contributed by atoms with E-state index in [9.17, 15) is 9.59 Å². The van der Waals surface area contributed by atoms with E-state index in [0.717, 1.165) is 32.4 Å². The topological polar surface area (TPSA) is 69.6 Å². The maximum absolute atomic E-state index is 11.9. The summed E-state index contributed by atoms with van der Waals surface area (Å²) >= 11 is 0.